The first-order valence-electron chi connectivity index (χ1n) is 4.59. The molecule has 0 aliphatic carbocycles. The van der Waals surface area contributed by atoms with E-state index in [-0.39, 0.29) is 17.1 Å². The molecular formula is C10H7F3N4. The zero-order chi connectivity index (χ0) is 12.5. The molecule has 17 heavy (non-hydrogen) atoms. The molecule has 2 rings (SSSR count). The lowest BCUT2D eigenvalue weighted by atomic mass is 10.1. The summed E-state index contributed by atoms with van der Waals surface area (Å²) in [6, 6.07) is 3.72. The summed E-state index contributed by atoms with van der Waals surface area (Å²) in [5.41, 5.74) is 4.11. The SMILES string of the molecule is Nc1cnc(-c2cccnn2)c(C(F)(F)F)c1. The first-order valence-corrected chi connectivity index (χ1v) is 4.59. The van der Waals surface area contributed by atoms with Crippen molar-refractivity contribution < 1.29 is 13.2 Å². The molecule has 0 saturated heterocycles. The number of hydrogen-bond acceptors (Lipinski definition) is 4. The van der Waals surface area contributed by atoms with Gasteiger partial charge in [0, 0.05) is 6.20 Å². The number of halogens is 3. The highest BCUT2D eigenvalue weighted by Gasteiger charge is 2.35. The van der Waals surface area contributed by atoms with E-state index in [1.165, 1.54) is 18.3 Å². The first-order chi connectivity index (χ1) is 7.98. The van der Waals surface area contributed by atoms with Gasteiger partial charge in [0.1, 0.15) is 11.4 Å². The highest BCUT2D eigenvalue weighted by molar-refractivity contribution is 5.61. The molecule has 2 aromatic heterocycles. The average molecular weight is 240 g/mol. The molecule has 88 valence electrons. The Hall–Kier alpha value is -2.18. The van der Waals surface area contributed by atoms with Gasteiger partial charge in [-0.1, -0.05) is 0 Å². The van der Waals surface area contributed by atoms with Crippen LogP contribution in [0.4, 0.5) is 18.9 Å². The van der Waals surface area contributed by atoms with Crippen LogP contribution in [0.2, 0.25) is 0 Å². The van der Waals surface area contributed by atoms with Crippen LogP contribution < -0.4 is 5.73 Å². The molecule has 0 aliphatic heterocycles. The van der Waals surface area contributed by atoms with Gasteiger partial charge in [0.25, 0.3) is 0 Å². The number of alkyl halides is 3. The summed E-state index contributed by atoms with van der Waals surface area (Å²) in [5.74, 6) is 0. The van der Waals surface area contributed by atoms with E-state index in [2.05, 4.69) is 15.2 Å². The third-order valence-electron chi connectivity index (χ3n) is 2.03. The Morgan fingerprint density at radius 2 is 2.00 bits per heavy atom. The summed E-state index contributed by atoms with van der Waals surface area (Å²) in [7, 11) is 0. The smallest absolute Gasteiger partial charge is 0.397 e. The van der Waals surface area contributed by atoms with Crippen molar-refractivity contribution in [1.29, 1.82) is 0 Å². The number of nitrogens with two attached hydrogens (primary N) is 1. The van der Waals surface area contributed by atoms with E-state index in [1.54, 1.807) is 0 Å². The summed E-state index contributed by atoms with van der Waals surface area (Å²) < 4.78 is 38.3. The van der Waals surface area contributed by atoms with Crippen LogP contribution in [0.25, 0.3) is 11.4 Å². The van der Waals surface area contributed by atoms with E-state index in [1.807, 2.05) is 0 Å². The minimum absolute atomic E-state index is 0.0510. The number of nitrogen functional groups attached to an aromatic ring is 1. The Kier molecular flexibility index (Phi) is 2.66. The quantitative estimate of drug-likeness (QED) is 0.829. The first kappa shape index (κ1) is 11.3. The Labute approximate surface area is 94.3 Å². The van der Waals surface area contributed by atoms with Crippen molar-refractivity contribution in [2.75, 3.05) is 5.73 Å². The number of nitrogens with zero attached hydrogens (tertiary/aromatic N) is 3. The third kappa shape index (κ3) is 2.32. The molecule has 2 N–H and O–H groups in total. The fourth-order valence-corrected chi connectivity index (χ4v) is 1.33. The summed E-state index contributed by atoms with van der Waals surface area (Å²) >= 11 is 0. The van der Waals surface area contributed by atoms with E-state index in [9.17, 15) is 13.2 Å². The van der Waals surface area contributed by atoms with Crippen LogP contribution in [-0.4, -0.2) is 15.2 Å². The highest BCUT2D eigenvalue weighted by atomic mass is 19.4. The van der Waals surface area contributed by atoms with Crippen molar-refractivity contribution in [3.05, 3.63) is 36.2 Å². The van der Waals surface area contributed by atoms with Crippen molar-refractivity contribution >= 4 is 5.69 Å². The molecule has 0 radical (unpaired) electrons. The fraction of sp³-hybridized carbons (Fsp3) is 0.100. The second kappa shape index (κ2) is 4.00. The van der Waals surface area contributed by atoms with Gasteiger partial charge in [-0.3, -0.25) is 4.98 Å². The summed E-state index contributed by atoms with van der Waals surface area (Å²) in [5, 5.41) is 7.12. The lowest BCUT2D eigenvalue weighted by Gasteiger charge is -2.11. The molecule has 0 fully saturated rings. The topological polar surface area (TPSA) is 64.7 Å². The van der Waals surface area contributed by atoms with Gasteiger partial charge in [-0.2, -0.15) is 18.3 Å². The van der Waals surface area contributed by atoms with Crippen molar-refractivity contribution in [3.8, 4) is 11.4 Å². The van der Waals surface area contributed by atoms with E-state index in [0.717, 1.165) is 12.3 Å². The maximum Gasteiger partial charge on any atom is 0.418 e. The van der Waals surface area contributed by atoms with Gasteiger partial charge in [0.05, 0.1) is 17.4 Å². The molecule has 0 spiro atoms. The molecule has 4 nitrogen and oxygen atoms in total. The van der Waals surface area contributed by atoms with Crippen LogP contribution in [0.3, 0.4) is 0 Å². The summed E-state index contributed by atoms with van der Waals surface area (Å²) in [6.45, 7) is 0. The predicted molar refractivity (Wildman–Crippen MR) is 54.7 cm³/mol. The molecule has 0 atom stereocenters. The van der Waals surface area contributed by atoms with E-state index in [0.29, 0.717) is 0 Å². The summed E-state index contributed by atoms with van der Waals surface area (Å²) in [4.78, 5) is 3.67. The maximum absolute atomic E-state index is 12.8. The number of rotatable bonds is 1. The molecule has 2 heterocycles. The third-order valence-corrected chi connectivity index (χ3v) is 2.03. The molecule has 0 saturated carbocycles. The monoisotopic (exact) mass is 240 g/mol. The van der Waals surface area contributed by atoms with Gasteiger partial charge in [0.15, 0.2) is 0 Å². The van der Waals surface area contributed by atoms with Crippen molar-refractivity contribution in [2.45, 2.75) is 6.18 Å². The average Bonchev–Trinajstić information content (AvgIpc) is 2.29. The Bertz CT molecular complexity index is 525. The van der Waals surface area contributed by atoms with E-state index in [4.69, 9.17) is 5.73 Å². The van der Waals surface area contributed by atoms with Crippen LogP contribution in [0.15, 0.2) is 30.6 Å². The van der Waals surface area contributed by atoms with Gasteiger partial charge in [-0.05, 0) is 18.2 Å². The zero-order valence-corrected chi connectivity index (χ0v) is 8.44. The number of anilines is 1. The highest BCUT2D eigenvalue weighted by Crippen LogP contribution is 2.35. The standard InChI is InChI=1S/C10H7F3N4/c11-10(12,13)7-4-6(14)5-15-9(7)8-2-1-3-16-17-8/h1-5H,14H2. The van der Waals surface area contributed by atoms with Gasteiger partial charge in [0.2, 0.25) is 0 Å². The maximum atomic E-state index is 12.8. The van der Waals surface area contributed by atoms with Gasteiger partial charge in [-0.15, -0.1) is 5.10 Å². The van der Waals surface area contributed by atoms with Gasteiger partial charge in [-0.25, -0.2) is 0 Å². The number of hydrogen-bond donors (Lipinski definition) is 1. The fourth-order valence-electron chi connectivity index (χ4n) is 1.33. The van der Waals surface area contributed by atoms with Crippen LogP contribution >= 0.6 is 0 Å². The molecular weight excluding hydrogens is 233 g/mol. The van der Waals surface area contributed by atoms with Crippen LogP contribution in [-0.2, 0) is 6.18 Å². The van der Waals surface area contributed by atoms with E-state index < -0.39 is 11.7 Å². The number of aromatic nitrogens is 3. The minimum Gasteiger partial charge on any atom is -0.397 e. The minimum atomic E-state index is -4.53. The molecule has 0 bridgehead atoms. The molecule has 0 unspecified atom stereocenters. The van der Waals surface area contributed by atoms with Crippen LogP contribution in [0, 0.1) is 0 Å². The van der Waals surface area contributed by atoms with E-state index >= 15 is 0 Å². The second-order valence-corrected chi connectivity index (χ2v) is 3.27. The van der Waals surface area contributed by atoms with Crippen molar-refractivity contribution in [2.24, 2.45) is 0 Å². The molecule has 2 aromatic rings. The molecule has 7 heteroatoms. The number of pyridine rings is 1. The molecule has 0 aromatic carbocycles. The Balaban J connectivity index is 2.63. The van der Waals surface area contributed by atoms with Crippen LogP contribution in [0.1, 0.15) is 5.56 Å². The van der Waals surface area contributed by atoms with Crippen molar-refractivity contribution in [1.82, 2.24) is 15.2 Å². The Morgan fingerprint density at radius 1 is 1.24 bits per heavy atom. The molecule has 0 amide bonds. The Morgan fingerprint density at radius 3 is 2.59 bits per heavy atom. The second-order valence-electron chi connectivity index (χ2n) is 3.27. The van der Waals surface area contributed by atoms with Crippen LogP contribution in [0.5, 0.6) is 0 Å². The lowest BCUT2D eigenvalue weighted by molar-refractivity contribution is -0.137. The molecule has 0 aliphatic rings. The zero-order valence-electron chi connectivity index (χ0n) is 8.44. The summed E-state index contributed by atoms with van der Waals surface area (Å²) in [6.07, 6.45) is -2.01. The largest absolute Gasteiger partial charge is 0.418 e. The van der Waals surface area contributed by atoms with Gasteiger partial charge < -0.3 is 5.73 Å². The predicted octanol–water partition coefficient (Wildman–Crippen LogP) is 2.14. The van der Waals surface area contributed by atoms with Crippen molar-refractivity contribution in [3.63, 3.8) is 0 Å². The van der Waals surface area contributed by atoms with Gasteiger partial charge >= 0.3 is 6.18 Å². The normalized spacial score (nSPS) is 11.5. The lowest BCUT2D eigenvalue weighted by Crippen LogP contribution is -2.10.